The molecule has 0 aromatic rings. The van der Waals surface area contributed by atoms with E-state index in [9.17, 15) is 14.7 Å². The number of carbonyl (C=O) groups excluding carboxylic acids is 1. The van der Waals surface area contributed by atoms with Crippen molar-refractivity contribution in [1.82, 2.24) is 0 Å². The second kappa shape index (κ2) is 7.70. The fourth-order valence-corrected chi connectivity index (χ4v) is 5.60. The smallest absolute Gasteiger partial charge is 0.309 e. The average Bonchev–Trinajstić information content (AvgIpc) is 2.53. The molecule has 146 valence electrons. The molecule has 26 heavy (non-hydrogen) atoms. The molecule has 0 bridgehead atoms. The van der Waals surface area contributed by atoms with Crippen LogP contribution in [0, 0.1) is 28.6 Å². The Labute approximate surface area is 158 Å². The summed E-state index contributed by atoms with van der Waals surface area (Å²) in [6, 6.07) is 0. The molecular weight excluding hydrogens is 324 g/mol. The van der Waals surface area contributed by atoms with Crippen LogP contribution in [-0.4, -0.2) is 16.9 Å². The number of carbonyl (C=O) groups is 2. The van der Waals surface area contributed by atoms with Crippen molar-refractivity contribution in [2.24, 2.45) is 28.6 Å². The van der Waals surface area contributed by atoms with Crippen LogP contribution in [0.25, 0.3) is 0 Å². The van der Waals surface area contributed by atoms with Crippen molar-refractivity contribution < 1.29 is 14.7 Å². The standard InChI is InChI=1S/C20H30O2.C3H6O/c1-13(2)14-6-8-16-15(12-14)7-9-17-19(16,3)10-5-11-20(17,4)18(21)22;1-3(2)4/h7,12-13,16-17H,5-6,8-11H2,1-4H3,(H,21,22);1-2H3/t16-,17+,19+,20+;/m0./s1. The summed E-state index contributed by atoms with van der Waals surface area (Å²) < 4.78 is 0. The van der Waals surface area contributed by atoms with Crippen LogP contribution in [0.4, 0.5) is 0 Å². The zero-order chi connectivity index (χ0) is 19.7. The molecular formula is C23H36O3. The van der Waals surface area contributed by atoms with Crippen molar-refractivity contribution in [3.63, 3.8) is 0 Å². The normalized spacial score (nSPS) is 36.0. The second-order valence-corrected chi connectivity index (χ2v) is 9.45. The Morgan fingerprint density at radius 1 is 1.19 bits per heavy atom. The number of aliphatic carboxylic acids is 1. The lowest BCUT2D eigenvalue weighted by Crippen LogP contribution is -2.53. The van der Waals surface area contributed by atoms with Crippen molar-refractivity contribution in [2.45, 2.75) is 80.1 Å². The third-order valence-electron chi connectivity index (χ3n) is 7.07. The van der Waals surface area contributed by atoms with E-state index in [-0.39, 0.29) is 17.1 Å². The van der Waals surface area contributed by atoms with Crippen LogP contribution in [0.1, 0.15) is 80.1 Å². The van der Waals surface area contributed by atoms with Crippen molar-refractivity contribution >= 4 is 11.8 Å². The Balaban J connectivity index is 0.000000552. The van der Waals surface area contributed by atoms with Gasteiger partial charge in [0.05, 0.1) is 5.41 Å². The van der Waals surface area contributed by atoms with E-state index in [0.29, 0.717) is 11.8 Å². The number of hydrogen-bond donors (Lipinski definition) is 1. The van der Waals surface area contributed by atoms with Gasteiger partial charge in [-0.3, -0.25) is 4.79 Å². The minimum atomic E-state index is -0.588. The molecule has 1 fully saturated rings. The van der Waals surface area contributed by atoms with Gasteiger partial charge in [-0.15, -0.1) is 0 Å². The Morgan fingerprint density at radius 3 is 2.35 bits per heavy atom. The number of carboxylic acids is 1. The van der Waals surface area contributed by atoms with Gasteiger partial charge in [-0.2, -0.15) is 0 Å². The lowest BCUT2D eigenvalue weighted by molar-refractivity contribution is -0.162. The molecule has 0 amide bonds. The lowest BCUT2D eigenvalue weighted by Gasteiger charge is -2.57. The molecule has 4 atom stereocenters. The van der Waals surface area contributed by atoms with E-state index in [2.05, 4.69) is 32.9 Å². The van der Waals surface area contributed by atoms with Crippen LogP contribution in [0.2, 0.25) is 0 Å². The van der Waals surface area contributed by atoms with Gasteiger partial charge < -0.3 is 9.90 Å². The van der Waals surface area contributed by atoms with Crippen LogP contribution in [0.15, 0.2) is 23.3 Å². The van der Waals surface area contributed by atoms with Crippen LogP contribution in [0.5, 0.6) is 0 Å². The van der Waals surface area contributed by atoms with E-state index in [1.54, 1.807) is 5.57 Å². The molecule has 0 heterocycles. The molecule has 0 saturated heterocycles. The van der Waals surface area contributed by atoms with Gasteiger partial charge >= 0.3 is 5.97 Å². The third kappa shape index (κ3) is 3.82. The van der Waals surface area contributed by atoms with Gasteiger partial charge in [-0.05, 0) is 81.6 Å². The largest absolute Gasteiger partial charge is 0.481 e. The second-order valence-electron chi connectivity index (χ2n) is 9.45. The molecule has 3 heteroatoms. The molecule has 0 radical (unpaired) electrons. The highest BCUT2D eigenvalue weighted by Crippen LogP contribution is 2.62. The van der Waals surface area contributed by atoms with Crippen molar-refractivity contribution in [3.8, 4) is 0 Å². The summed E-state index contributed by atoms with van der Waals surface area (Å²) >= 11 is 0. The van der Waals surface area contributed by atoms with E-state index in [4.69, 9.17) is 0 Å². The molecule has 1 saturated carbocycles. The Kier molecular flexibility index (Phi) is 6.20. The predicted octanol–water partition coefficient (Wildman–Crippen LogP) is 5.80. The first-order valence-corrected chi connectivity index (χ1v) is 10.1. The Bertz CT molecular complexity index is 623. The highest BCUT2D eigenvalue weighted by atomic mass is 16.4. The molecule has 0 aromatic carbocycles. The first-order valence-electron chi connectivity index (χ1n) is 10.1. The first-order chi connectivity index (χ1) is 12.0. The van der Waals surface area contributed by atoms with E-state index >= 15 is 0 Å². The summed E-state index contributed by atoms with van der Waals surface area (Å²) in [6.45, 7) is 12.0. The van der Waals surface area contributed by atoms with Crippen LogP contribution in [-0.2, 0) is 9.59 Å². The van der Waals surface area contributed by atoms with Gasteiger partial charge in [0.15, 0.2) is 0 Å². The summed E-state index contributed by atoms with van der Waals surface area (Å²) in [5.41, 5.74) is 2.69. The number of Topliss-reactive ketones (excluding diaryl/α,β-unsaturated/α-hetero) is 1. The van der Waals surface area contributed by atoms with Crippen molar-refractivity contribution in [3.05, 3.63) is 23.3 Å². The Morgan fingerprint density at radius 2 is 1.81 bits per heavy atom. The maximum Gasteiger partial charge on any atom is 0.309 e. The number of ketones is 1. The number of carboxylic acid groups (broad SMARTS) is 1. The molecule has 0 aliphatic heterocycles. The lowest BCUT2D eigenvalue weighted by atomic mass is 9.47. The number of allylic oxidation sites excluding steroid dienone is 4. The third-order valence-corrected chi connectivity index (χ3v) is 7.07. The average molecular weight is 361 g/mol. The maximum absolute atomic E-state index is 11.9. The van der Waals surface area contributed by atoms with Gasteiger partial charge in [0.2, 0.25) is 0 Å². The van der Waals surface area contributed by atoms with Crippen molar-refractivity contribution in [1.29, 1.82) is 0 Å². The summed E-state index contributed by atoms with van der Waals surface area (Å²) in [5.74, 6) is 1.05. The molecule has 0 aromatic heterocycles. The van der Waals surface area contributed by atoms with Crippen LogP contribution in [0.3, 0.4) is 0 Å². The van der Waals surface area contributed by atoms with Gasteiger partial charge in [0.25, 0.3) is 0 Å². The van der Waals surface area contributed by atoms with Crippen LogP contribution >= 0.6 is 0 Å². The first kappa shape index (κ1) is 20.9. The highest BCUT2D eigenvalue weighted by Gasteiger charge is 2.57. The summed E-state index contributed by atoms with van der Waals surface area (Å²) in [4.78, 5) is 21.4. The highest BCUT2D eigenvalue weighted by molar-refractivity contribution is 5.75. The predicted molar refractivity (Wildman–Crippen MR) is 106 cm³/mol. The van der Waals surface area contributed by atoms with E-state index in [0.717, 1.165) is 19.3 Å². The number of rotatable bonds is 2. The fourth-order valence-electron chi connectivity index (χ4n) is 5.60. The summed E-state index contributed by atoms with van der Waals surface area (Å²) in [7, 11) is 0. The van der Waals surface area contributed by atoms with Gasteiger partial charge in [0.1, 0.15) is 5.78 Å². The molecule has 0 spiro atoms. The van der Waals surface area contributed by atoms with Gasteiger partial charge in [0, 0.05) is 0 Å². The summed E-state index contributed by atoms with van der Waals surface area (Å²) in [5, 5.41) is 9.83. The zero-order valence-electron chi connectivity index (χ0n) is 17.4. The number of fused-ring (bicyclic) bond motifs is 3. The molecule has 0 unspecified atom stereocenters. The SMILES string of the molecule is CC(C)=O.CC(C)C1=CC2=CC[C@@H]3[C@](C)(CCC[C@@]3(C)C(=O)O)[C@H]2CC1. The van der Waals surface area contributed by atoms with E-state index < -0.39 is 11.4 Å². The molecule has 3 aliphatic rings. The quantitative estimate of drug-likeness (QED) is 0.677. The molecule has 3 aliphatic carbocycles. The van der Waals surface area contributed by atoms with Gasteiger partial charge in [-0.25, -0.2) is 0 Å². The van der Waals surface area contributed by atoms with E-state index in [1.807, 2.05) is 6.92 Å². The maximum atomic E-state index is 11.9. The molecule has 3 nitrogen and oxygen atoms in total. The van der Waals surface area contributed by atoms with E-state index in [1.165, 1.54) is 38.7 Å². The van der Waals surface area contributed by atoms with Gasteiger partial charge in [-0.1, -0.05) is 44.9 Å². The van der Waals surface area contributed by atoms with Crippen molar-refractivity contribution in [2.75, 3.05) is 0 Å². The monoisotopic (exact) mass is 360 g/mol. The van der Waals surface area contributed by atoms with Crippen LogP contribution < -0.4 is 0 Å². The molecule has 1 N–H and O–H groups in total. The minimum absolute atomic E-state index is 0.161. The fraction of sp³-hybridized carbons (Fsp3) is 0.739. The topological polar surface area (TPSA) is 54.4 Å². The minimum Gasteiger partial charge on any atom is -0.481 e. The Hall–Kier alpha value is -1.38. The number of hydrogen-bond acceptors (Lipinski definition) is 2. The summed E-state index contributed by atoms with van der Waals surface area (Å²) in [6.07, 6.45) is 11.2. The molecule has 3 rings (SSSR count). The zero-order valence-corrected chi connectivity index (χ0v) is 17.4.